The van der Waals surface area contributed by atoms with E-state index in [4.69, 9.17) is 0 Å². The zero-order valence-electron chi connectivity index (χ0n) is 26.4. The molecule has 0 fully saturated rings. The van der Waals surface area contributed by atoms with Gasteiger partial charge in [0.2, 0.25) is 0 Å². The van der Waals surface area contributed by atoms with Gasteiger partial charge in [0.15, 0.2) is 0 Å². The Bertz CT molecular complexity index is 2090. The molecule has 0 atom stereocenters. The normalized spacial score (nSPS) is 10.8. The summed E-state index contributed by atoms with van der Waals surface area (Å²) >= 11 is 0. The molecule has 0 unspecified atom stereocenters. The first kappa shape index (κ1) is 30.0. The zero-order chi connectivity index (χ0) is 32.5. The van der Waals surface area contributed by atoms with Crippen LogP contribution in [0.3, 0.4) is 0 Å². The van der Waals surface area contributed by atoms with E-state index in [1.165, 1.54) is 0 Å². The van der Waals surface area contributed by atoms with Gasteiger partial charge in [-0.1, -0.05) is 115 Å². The van der Waals surface area contributed by atoms with Gasteiger partial charge in [-0.2, -0.15) is 5.26 Å². The van der Waals surface area contributed by atoms with E-state index in [0.29, 0.717) is 5.56 Å². The summed E-state index contributed by atoms with van der Waals surface area (Å²) in [7, 11) is 0. The lowest BCUT2D eigenvalue weighted by atomic mass is 10.0. The SMILES string of the molecule is N#Cc1ccc(N(c2ccccc2)c2ccc(-c3ccc(C=Cc4ccc(N(c5ccccc5)c5ccccc5)cc4)cc3)cc2)cc1. The fourth-order valence-corrected chi connectivity index (χ4v) is 5.83. The predicted octanol–water partition coefficient (Wildman–Crippen LogP) is 12.3. The van der Waals surface area contributed by atoms with Crippen molar-refractivity contribution in [3.8, 4) is 17.2 Å². The summed E-state index contributed by atoms with van der Waals surface area (Å²) in [5.74, 6) is 0. The number of benzene rings is 7. The third-order valence-electron chi connectivity index (χ3n) is 8.29. The lowest BCUT2D eigenvalue weighted by molar-refractivity contribution is 1.28. The largest absolute Gasteiger partial charge is 0.311 e. The molecule has 7 aromatic carbocycles. The van der Waals surface area contributed by atoms with Crippen LogP contribution >= 0.6 is 0 Å². The summed E-state index contributed by atoms with van der Waals surface area (Å²) < 4.78 is 0. The van der Waals surface area contributed by atoms with Crippen LogP contribution in [0.5, 0.6) is 0 Å². The summed E-state index contributed by atoms with van der Waals surface area (Å²) in [6, 6.07) is 67.1. The van der Waals surface area contributed by atoms with Gasteiger partial charge in [-0.05, 0) is 107 Å². The van der Waals surface area contributed by atoms with Gasteiger partial charge in [0.1, 0.15) is 0 Å². The Balaban J connectivity index is 1.07. The molecule has 3 heteroatoms. The van der Waals surface area contributed by atoms with Crippen LogP contribution in [0.4, 0.5) is 34.1 Å². The van der Waals surface area contributed by atoms with E-state index in [9.17, 15) is 5.26 Å². The van der Waals surface area contributed by atoms with Crippen molar-refractivity contribution < 1.29 is 0 Å². The molecule has 48 heavy (non-hydrogen) atoms. The van der Waals surface area contributed by atoms with Gasteiger partial charge in [-0.25, -0.2) is 0 Å². The van der Waals surface area contributed by atoms with Crippen LogP contribution in [0.2, 0.25) is 0 Å². The first-order valence-corrected chi connectivity index (χ1v) is 16.0. The van der Waals surface area contributed by atoms with Gasteiger partial charge in [0.25, 0.3) is 0 Å². The molecule has 0 saturated heterocycles. The fraction of sp³-hybridized carbons (Fsp3) is 0. The Labute approximate surface area is 282 Å². The third-order valence-corrected chi connectivity index (χ3v) is 8.29. The first-order chi connectivity index (χ1) is 23.7. The van der Waals surface area contributed by atoms with E-state index >= 15 is 0 Å². The molecule has 3 nitrogen and oxygen atoms in total. The van der Waals surface area contributed by atoms with Gasteiger partial charge in [-0.3, -0.25) is 0 Å². The fourth-order valence-electron chi connectivity index (χ4n) is 5.83. The molecule has 0 aliphatic rings. The van der Waals surface area contributed by atoms with Crippen LogP contribution in [0.15, 0.2) is 188 Å². The molecular weight excluding hydrogens is 583 g/mol. The number of rotatable bonds is 9. The highest BCUT2D eigenvalue weighted by molar-refractivity contribution is 5.80. The van der Waals surface area contributed by atoms with E-state index in [1.54, 1.807) is 0 Å². The summed E-state index contributed by atoms with van der Waals surface area (Å²) in [6.45, 7) is 0. The summed E-state index contributed by atoms with van der Waals surface area (Å²) in [6.07, 6.45) is 4.31. The molecule has 0 bridgehead atoms. The van der Waals surface area contributed by atoms with Crippen LogP contribution in [0.25, 0.3) is 23.3 Å². The number of anilines is 6. The van der Waals surface area contributed by atoms with Crippen molar-refractivity contribution in [2.45, 2.75) is 0 Å². The minimum atomic E-state index is 0.646. The number of nitriles is 1. The summed E-state index contributed by atoms with van der Waals surface area (Å²) in [5.41, 5.74) is 11.7. The van der Waals surface area contributed by atoms with E-state index in [-0.39, 0.29) is 0 Å². The molecule has 0 aromatic heterocycles. The lowest BCUT2D eigenvalue weighted by Crippen LogP contribution is -2.09. The van der Waals surface area contributed by atoms with Crippen molar-refractivity contribution in [2.24, 2.45) is 0 Å². The second kappa shape index (κ2) is 14.2. The van der Waals surface area contributed by atoms with Gasteiger partial charge in [-0.15, -0.1) is 0 Å². The van der Waals surface area contributed by atoms with Crippen LogP contribution in [0.1, 0.15) is 16.7 Å². The number of nitrogens with zero attached hydrogens (tertiary/aromatic N) is 3. The smallest absolute Gasteiger partial charge is 0.0991 e. The maximum atomic E-state index is 9.26. The minimum absolute atomic E-state index is 0.646. The summed E-state index contributed by atoms with van der Waals surface area (Å²) in [5, 5.41) is 9.26. The Kier molecular flexibility index (Phi) is 8.89. The summed E-state index contributed by atoms with van der Waals surface area (Å²) in [4.78, 5) is 4.47. The highest BCUT2D eigenvalue weighted by Crippen LogP contribution is 2.36. The molecule has 0 spiro atoms. The monoisotopic (exact) mass is 615 g/mol. The Morgan fingerprint density at radius 1 is 0.333 bits per heavy atom. The van der Waals surface area contributed by atoms with Crippen molar-refractivity contribution in [2.75, 3.05) is 9.80 Å². The predicted molar refractivity (Wildman–Crippen MR) is 201 cm³/mol. The van der Waals surface area contributed by atoms with Crippen LogP contribution in [-0.4, -0.2) is 0 Å². The molecule has 7 rings (SSSR count). The maximum absolute atomic E-state index is 9.26. The van der Waals surface area contributed by atoms with Crippen molar-refractivity contribution >= 4 is 46.3 Å². The van der Waals surface area contributed by atoms with E-state index < -0.39 is 0 Å². The van der Waals surface area contributed by atoms with Crippen LogP contribution < -0.4 is 9.80 Å². The standard InChI is InChI=1S/C45H33N3/c46-34-37-22-30-44(31-23-37)48(42-14-8-3-9-15-42)45-32-26-39(27-33-45)38-24-18-35(19-25-38)16-17-36-20-28-43(29-21-36)47(40-10-4-1-5-11-40)41-12-6-2-7-13-41/h1-33H. The number of para-hydroxylation sites is 3. The number of hydrogen-bond acceptors (Lipinski definition) is 3. The molecule has 0 amide bonds. The van der Waals surface area contributed by atoms with E-state index in [0.717, 1.165) is 56.4 Å². The zero-order valence-corrected chi connectivity index (χ0v) is 26.4. The van der Waals surface area contributed by atoms with E-state index in [2.05, 4.69) is 161 Å². The van der Waals surface area contributed by atoms with Gasteiger partial charge in [0, 0.05) is 34.1 Å². The molecule has 228 valence electrons. The second-order valence-electron chi connectivity index (χ2n) is 11.4. The lowest BCUT2D eigenvalue weighted by Gasteiger charge is -2.25. The number of hydrogen-bond donors (Lipinski definition) is 0. The Morgan fingerprint density at radius 2 is 0.625 bits per heavy atom. The van der Waals surface area contributed by atoms with Crippen molar-refractivity contribution in [3.05, 3.63) is 205 Å². The molecule has 0 aliphatic heterocycles. The Hall–Kier alpha value is -6.63. The average molecular weight is 616 g/mol. The first-order valence-electron chi connectivity index (χ1n) is 16.0. The topological polar surface area (TPSA) is 30.3 Å². The highest BCUT2D eigenvalue weighted by atomic mass is 15.1. The maximum Gasteiger partial charge on any atom is 0.0991 e. The molecule has 7 aromatic rings. The second-order valence-corrected chi connectivity index (χ2v) is 11.4. The van der Waals surface area contributed by atoms with Crippen molar-refractivity contribution in [1.29, 1.82) is 5.26 Å². The molecular formula is C45H33N3. The van der Waals surface area contributed by atoms with Gasteiger partial charge < -0.3 is 9.80 Å². The molecule has 0 saturated carbocycles. The highest BCUT2D eigenvalue weighted by Gasteiger charge is 2.13. The quantitative estimate of drug-likeness (QED) is 0.151. The molecule has 0 N–H and O–H groups in total. The Morgan fingerprint density at radius 3 is 1.00 bits per heavy atom. The van der Waals surface area contributed by atoms with Crippen LogP contribution in [-0.2, 0) is 0 Å². The van der Waals surface area contributed by atoms with Crippen LogP contribution in [0, 0.1) is 11.3 Å². The van der Waals surface area contributed by atoms with Gasteiger partial charge in [0.05, 0.1) is 11.6 Å². The van der Waals surface area contributed by atoms with Gasteiger partial charge >= 0.3 is 0 Å². The molecule has 0 heterocycles. The molecule has 0 radical (unpaired) electrons. The third kappa shape index (κ3) is 6.79. The van der Waals surface area contributed by atoms with E-state index in [1.807, 2.05) is 54.6 Å². The minimum Gasteiger partial charge on any atom is -0.311 e. The van der Waals surface area contributed by atoms with Crippen molar-refractivity contribution in [1.82, 2.24) is 0 Å². The average Bonchev–Trinajstić information content (AvgIpc) is 3.17. The molecule has 0 aliphatic carbocycles. The van der Waals surface area contributed by atoms with Crippen molar-refractivity contribution in [3.63, 3.8) is 0 Å².